The third-order valence-corrected chi connectivity index (χ3v) is 7.89. The van der Waals surface area contributed by atoms with Crippen LogP contribution in [0.1, 0.15) is 33.1 Å². The van der Waals surface area contributed by atoms with Gasteiger partial charge in [-0.25, -0.2) is 4.39 Å². The standard InChI is InChI=1S/C24H46FN5O9/c1-11-17(33)23(36-10-24(11,2)35)39-20-15(30-21(28)16(32)8-25)7-14(27)19(18(20)34)38-22-13(26)4-3-12(37-22)9-29-5-6-31/h11-20,22-23,29,31-35H,3-10,26-27H2,1-2H3,(H2,28,30)/t11-,12+,13?,14+,15-,16?,17?,18?,19?,20?,22-,23-,24?/m1/s1. The number of aliphatic hydroxyl groups is 5. The zero-order valence-electron chi connectivity index (χ0n) is 22.5. The van der Waals surface area contributed by atoms with E-state index in [1.807, 2.05) is 0 Å². The summed E-state index contributed by atoms with van der Waals surface area (Å²) in [5.74, 6) is -1.15. The molecule has 0 aromatic heterocycles. The lowest BCUT2D eigenvalue weighted by atomic mass is 9.82. The van der Waals surface area contributed by atoms with Gasteiger partial charge in [0.1, 0.15) is 43.0 Å². The highest BCUT2D eigenvalue weighted by atomic mass is 19.1. The molecule has 0 aromatic rings. The van der Waals surface area contributed by atoms with Gasteiger partial charge in [-0.2, -0.15) is 0 Å². The highest BCUT2D eigenvalue weighted by Crippen LogP contribution is 2.34. The van der Waals surface area contributed by atoms with Gasteiger partial charge in [-0.15, -0.1) is 0 Å². The van der Waals surface area contributed by atoms with Crippen molar-refractivity contribution in [2.45, 2.75) is 106 Å². The summed E-state index contributed by atoms with van der Waals surface area (Å²) in [6.45, 7) is 2.71. The fourth-order valence-corrected chi connectivity index (χ4v) is 5.12. The number of rotatable bonds is 11. The van der Waals surface area contributed by atoms with E-state index < -0.39 is 85.3 Å². The molecular formula is C24H46FN5O9. The van der Waals surface area contributed by atoms with Crippen LogP contribution in [0.25, 0.3) is 0 Å². The number of aliphatic hydroxyl groups excluding tert-OH is 4. The van der Waals surface area contributed by atoms with Gasteiger partial charge in [0.15, 0.2) is 12.6 Å². The summed E-state index contributed by atoms with van der Waals surface area (Å²) in [6, 6.07) is -2.17. The average Bonchev–Trinajstić information content (AvgIpc) is 2.89. The Morgan fingerprint density at radius 2 is 1.85 bits per heavy atom. The van der Waals surface area contributed by atoms with Gasteiger partial charge in [-0.05, 0) is 26.2 Å². The maximum atomic E-state index is 13.0. The topological polar surface area (TPSA) is 238 Å². The van der Waals surface area contributed by atoms with E-state index in [4.69, 9.17) is 40.9 Å². The minimum Gasteiger partial charge on any atom is -0.395 e. The Morgan fingerprint density at radius 3 is 2.51 bits per heavy atom. The molecule has 1 saturated carbocycles. The lowest BCUT2D eigenvalue weighted by Gasteiger charge is -2.49. The van der Waals surface area contributed by atoms with Crippen LogP contribution in [0.5, 0.6) is 0 Å². The van der Waals surface area contributed by atoms with E-state index in [0.29, 0.717) is 25.9 Å². The van der Waals surface area contributed by atoms with Gasteiger partial charge in [0.05, 0.1) is 37.0 Å². The Hall–Kier alpha value is -1.08. The average molecular weight is 568 g/mol. The van der Waals surface area contributed by atoms with E-state index >= 15 is 0 Å². The van der Waals surface area contributed by atoms with Gasteiger partial charge < -0.3 is 66.6 Å². The van der Waals surface area contributed by atoms with Crippen molar-refractivity contribution in [3.05, 3.63) is 0 Å². The minimum absolute atomic E-state index is 0.0125. The van der Waals surface area contributed by atoms with Crippen molar-refractivity contribution in [3.63, 3.8) is 0 Å². The molecule has 2 saturated heterocycles. The number of alkyl halides is 1. The van der Waals surface area contributed by atoms with Crippen LogP contribution in [0.3, 0.4) is 0 Å². The van der Waals surface area contributed by atoms with Crippen molar-refractivity contribution >= 4 is 5.84 Å². The van der Waals surface area contributed by atoms with E-state index in [9.17, 15) is 24.8 Å². The summed E-state index contributed by atoms with van der Waals surface area (Å²) >= 11 is 0. The Morgan fingerprint density at radius 1 is 1.15 bits per heavy atom. The first-order valence-corrected chi connectivity index (χ1v) is 13.5. The number of nitrogens with one attached hydrogen (secondary N) is 3. The molecule has 3 rings (SSSR count). The van der Waals surface area contributed by atoms with Crippen molar-refractivity contribution < 1.29 is 48.9 Å². The second-order valence-corrected chi connectivity index (χ2v) is 11.0. The number of halogens is 1. The Labute approximate surface area is 227 Å². The number of hydrogen-bond donors (Lipinski definition) is 10. The Kier molecular flexibility index (Phi) is 11.8. The smallest absolute Gasteiger partial charge is 0.184 e. The second kappa shape index (κ2) is 14.2. The van der Waals surface area contributed by atoms with Gasteiger partial charge in [0, 0.05) is 25.0 Å². The highest BCUT2D eigenvalue weighted by molar-refractivity contribution is 5.83. The summed E-state index contributed by atoms with van der Waals surface area (Å²) in [7, 11) is 0. The molecule has 13 atom stereocenters. The molecule has 7 unspecified atom stereocenters. The summed E-state index contributed by atoms with van der Waals surface area (Å²) < 4.78 is 36.7. The van der Waals surface area contributed by atoms with Gasteiger partial charge in [0.25, 0.3) is 0 Å². The van der Waals surface area contributed by atoms with Gasteiger partial charge in [-0.3, -0.25) is 5.41 Å². The normalized spacial score (nSPS) is 44.1. The summed E-state index contributed by atoms with van der Waals surface area (Å²) in [5.41, 5.74) is 11.3. The molecule has 15 heteroatoms. The van der Waals surface area contributed by atoms with Crippen LogP contribution >= 0.6 is 0 Å². The van der Waals surface area contributed by atoms with Crippen molar-refractivity contribution in [2.75, 3.05) is 33.0 Å². The van der Waals surface area contributed by atoms with Crippen LogP contribution in [-0.2, 0) is 18.9 Å². The van der Waals surface area contributed by atoms with Gasteiger partial charge in [0.2, 0.25) is 0 Å². The van der Waals surface area contributed by atoms with E-state index in [1.165, 1.54) is 6.92 Å². The van der Waals surface area contributed by atoms with Crippen LogP contribution < -0.4 is 22.1 Å². The molecule has 39 heavy (non-hydrogen) atoms. The first-order valence-electron chi connectivity index (χ1n) is 13.5. The van der Waals surface area contributed by atoms with Crippen LogP contribution in [0.2, 0.25) is 0 Å². The molecule has 14 nitrogen and oxygen atoms in total. The summed E-state index contributed by atoms with van der Waals surface area (Å²) in [4.78, 5) is 0. The summed E-state index contributed by atoms with van der Waals surface area (Å²) in [6.07, 6.45) is -7.63. The zero-order chi connectivity index (χ0) is 28.9. The van der Waals surface area contributed by atoms with Crippen LogP contribution in [0.4, 0.5) is 4.39 Å². The minimum atomic E-state index is -1.70. The van der Waals surface area contributed by atoms with Gasteiger partial charge >= 0.3 is 0 Å². The molecule has 0 amide bonds. The van der Waals surface area contributed by atoms with E-state index in [2.05, 4.69) is 10.6 Å². The van der Waals surface area contributed by atoms with Crippen LogP contribution in [-0.4, -0.2) is 137 Å². The van der Waals surface area contributed by atoms with Crippen molar-refractivity contribution in [3.8, 4) is 0 Å². The lowest BCUT2D eigenvalue weighted by molar-refractivity contribution is -0.313. The Balaban J connectivity index is 1.76. The maximum absolute atomic E-state index is 13.0. The first kappa shape index (κ1) is 32.4. The maximum Gasteiger partial charge on any atom is 0.184 e. The van der Waals surface area contributed by atoms with Crippen molar-refractivity contribution in [1.82, 2.24) is 10.6 Å². The monoisotopic (exact) mass is 567 g/mol. The van der Waals surface area contributed by atoms with Crippen molar-refractivity contribution in [1.29, 1.82) is 5.41 Å². The fraction of sp³-hybridized carbons (Fsp3) is 0.958. The number of ether oxygens (including phenoxy) is 4. The van der Waals surface area contributed by atoms with Gasteiger partial charge in [-0.1, -0.05) is 6.92 Å². The number of amidine groups is 1. The Bertz CT molecular complexity index is 786. The quantitative estimate of drug-likeness (QED) is 0.0667. The van der Waals surface area contributed by atoms with Crippen molar-refractivity contribution in [2.24, 2.45) is 17.4 Å². The first-order chi connectivity index (χ1) is 18.4. The molecule has 0 radical (unpaired) electrons. The molecule has 12 N–H and O–H groups in total. The van der Waals surface area contributed by atoms with Crippen LogP contribution in [0.15, 0.2) is 0 Å². The fourth-order valence-electron chi connectivity index (χ4n) is 5.12. The third kappa shape index (κ3) is 8.02. The zero-order valence-corrected chi connectivity index (χ0v) is 22.5. The predicted octanol–water partition coefficient (Wildman–Crippen LogP) is -3.37. The summed E-state index contributed by atoms with van der Waals surface area (Å²) in [5, 5.41) is 65.1. The molecule has 3 aliphatic rings. The number of nitrogens with two attached hydrogens (primary N) is 2. The highest BCUT2D eigenvalue weighted by Gasteiger charge is 2.51. The molecule has 2 heterocycles. The molecule has 0 bridgehead atoms. The van der Waals surface area contributed by atoms with Crippen LogP contribution in [0, 0.1) is 11.3 Å². The molecule has 228 valence electrons. The van der Waals surface area contributed by atoms with E-state index in [0.717, 1.165) is 0 Å². The molecular weight excluding hydrogens is 521 g/mol. The lowest BCUT2D eigenvalue weighted by Crippen LogP contribution is -2.68. The van der Waals surface area contributed by atoms with E-state index in [-0.39, 0.29) is 25.7 Å². The largest absolute Gasteiger partial charge is 0.395 e. The molecule has 3 fully saturated rings. The third-order valence-electron chi connectivity index (χ3n) is 7.89. The molecule has 1 aliphatic carbocycles. The predicted molar refractivity (Wildman–Crippen MR) is 136 cm³/mol. The van der Waals surface area contributed by atoms with E-state index in [1.54, 1.807) is 6.92 Å². The molecule has 2 aliphatic heterocycles. The molecule has 0 aromatic carbocycles. The number of hydrogen-bond acceptors (Lipinski definition) is 13. The SMILES string of the molecule is C[C@@H]1C(O)[C@@H](OC2C(O)C(O[C@H]3O[C@H](CNCCO)CCC3N)[C@@H](N)C[C@H]2NC(=N)C(O)CF)OCC1(C)O. The molecule has 0 spiro atoms. The second-order valence-electron chi connectivity index (χ2n) is 11.0.